The van der Waals surface area contributed by atoms with Gasteiger partial charge >= 0.3 is 0 Å². The zero-order valence-electron chi connectivity index (χ0n) is 6.61. The van der Waals surface area contributed by atoms with Crippen LogP contribution in [0.3, 0.4) is 0 Å². The van der Waals surface area contributed by atoms with E-state index in [1.165, 1.54) is 13.1 Å². The average molecular weight is 274 g/mol. The summed E-state index contributed by atoms with van der Waals surface area (Å²) in [5, 5.41) is 3.40. The van der Waals surface area contributed by atoms with Gasteiger partial charge in [0.25, 0.3) is 0 Å². The van der Waals surface area contributed by atoms with Gasteiger partial charge in [0.1, 0.15) is 0 Å². The topological polar surface area (TPSA) is 16.6 Å². The van der Waals surface area contributed by atoms with Crippen LogP contribution in [-0.4, -0.2) is 23.2 Å². The summed E-state index contributed by atoms with van der Waals surface area (Å²) in [6, 6.07) is 0. The van der Waals surface area contributed by atoms with Gasteiger partial charge in [-0.25, -0.2) is 0 Å². The van der Waals surface area contributed by atoms with Gasteiger partial charge in [-0.15, -0.1) is 0 Å². The van der Waals surface area contributed by atoms with E-state index in [1.54, 1.807) is 0 Å². The standard InChI is InChI=1S/C7H15Br2N/c1-6(2)4-10-5-7(9)3-8/h6-7,10H,3-5H2,1-2H3/p+1/t7-/m1/s1. The summed E-state index contributed by atoms with van der Waals surface area (Å²) in [7, 11) is 0. The van der Waals surface area contributed by atoms with Crippen LogP contribution in [0.2, 0.25) is 0 Å². The third-order valence-corrected chi connectivity index (χ3v) is 3.58. The Bertz CT molecular complexity index is 76.0. The maximum Gasteiger partial charge on any atom is 0.0890 e. The summed E-state index contributed by atoms with van der Waals surface area (Å²) in [5.41, 5.74) is 0. The number of nitrogens with two attached hydrogens (primary N) is 1. The molecule has 0 aliphatic rings. The SMILES string of the molecule is CC(C)C[NH2+]C[C@H](Br)CBr. The molecule has 0 amide bonds. The monoisotopic (exact) mass is 272 g/mol. The van der Waals surface area contributed by atoms with Crippen molar-refractivity contribution < 1.29 is 5.32 Å². The molecule has 0 fully saturated rings. The molecule has 0 saturated carbocycles. The molecule has 10 heavy (non-hydrogen) atoms. The highest BCUT2D eigenvalue weighted by molar-refractivity contribution is 9.12. The molecule has 0 radical (unpaired) electrons. The predicted octanol–water partition coefficient (Wildman–Crippen LogP) is 1.36. The van der Waals surface area contributed by atoms with Gasteiger partial charge in [-0.1, -0.05) is 45.7 Å². The average Bonchev–Trinajstić information content (AvgIpc) is 1.87. The molecule has 1 atom stereocenters. The zero-order chi connectivity index (χ0) is 7.98. The minimum absolute atomic E-state index is 0.617. The van der Waals surface area contributed by atoms with Crippen LogP contribution in [0, 0.1) is 5.92 Å². The largest absolute Gasteiger partial charge is 0.345 e. The number of halogens is 2. The van der Waals surface area contributed by atoms with Gasteiger partial charge in [-0.05, 0) is 0 Å². The Balaban J connectivity index is 3.03. The molecule has 1 nitrogen and oxygen atoms in total. The van der Waals surface area contributed by atoms with Gasteiger partial charge in [0.2, 0.25) is 0 Å². The van der Waals surface area contributed by atoms with E-state index in [2.05, 4.69) is 51.0 Å². The Morgan fingerprint density at radius 2 is 1.90 bits per heavy atom. The van der Waals surface area contributed by atoms with E-state index >= 15 is 0 Å². The van der Waals surface area contributed by atoms with Crippen LogP contribution in [0.4, 0.5) is 0 Å². The van der Waals surface area contributed by atoms with Crippen molar-refractivity contribution in [1.82, 2.24) is 0 Å². The Morgan fingerprint density at radius 1 is 1.30 bits per heavy atom. The van der Waals surface area contributed by atoms with Gasteiger partial charge in [0.05, 0.1) is 17.9 Å². The van der Waals surface area contributed by atoms with E-state index in [4.69, 9.17) is 0 Å². The molecule has 0 aliphatic heterocycles. The molecule has 2 N–H and O–H groups in total. The van der Waals surface area contributed by atoms with E-state index in [1.807, 2.05) is 0 Å². The Labute approximate surface area is 80.2 Å². The predicted molar refractivity (Wildman–Crippen MR) is 53.0 cm³/mol. The molecule has 62 valence electrons. The number of hydrogen-bond donors (Lipinski definition) is 1. The second-order valence-electron chi connectivity index (χ2n) is 2.91. The Hall–Kier alpha value is 0.920. The summed E-state index contributed by atoms with van der Waals surface area (Å²) < 4.78 is 0. The number of hydrogen-bond acceptors (Lipinski definition) is 0. The second-order valence-corrected chi connectivity index (χ2v) is 4.85. The van der Waals surface area contributed by atoms with Crippen molar-refractivity contribution in [2.45, 2.75) is 18.7 Å². The van der Waals surface area contributed by atoms with Crippen LogP contribution >= 0.6 is 31.9 Å². The first-order valence-electron chi connectivity index (χ1n) is 3.68. The van der Waals surface area contributed by atoms with Crippen LogP contribution < -0.4 is 5.32 Å². The fourth-order valence-corrected chi connectivity index (χ4v) is 1.20. The van der Waals surface area contributed by atoms with Crippen molar-refractivity contribution in [3.05, 3.63) is 0 Å². The molecule has 0 rings (SSSR count). The van der Waals surface area contributed by atoms with Crippen LogP contribution in [0.15, 0.2) is 0 Å². The summed E-state index contributed by atoms with van der Waals surface area (Å²) in [6.45, 7) is 6.89. The number of quaternary nitrogens is 1. The van der Waals surface area contributed by atoms with Gasteiger partial charge < -0.3 is 5.32 Å². The lowest BCUT2D eigenvalue weighted by atomic mass is 10.2. The van der Waals surface area contributed by atoms with E-state index in [-0.39, 0.29) is 0 Å². The number of rotatable bonds is 5. The van der Waals surface area contributed by atoms with Crippen molar-refractivity contribution in [3.63, 3.8) is 0 Å². The smallest absolute Gasteiger partial charge is 0.0890 e. The second kappa shape index (κ2) is 6.62. The summed E-state index contributed by atoms with van der Waals surface area (Å²) in [6.07, 6.45) is 0. The van der Waals surface area contributed by atoms with Crippen LogP contribution in [0.25, 0.3) is 0 Å². The van der Waals surface area contributed by atoms with Crippen molar-refractivity contribution in [2.75, 3.05) is 18.4 Å². The first-order valence-corrected chi connectivity index (χ1v) is 5.72. The zero-order valence-corrected chi connectivity index (χ0v) is 9.78. The molecule has 0 saturated heterocycles. The lowest BCUT2D eigenvalue weighted by Crippen LogP contribution is -2.87. The molecule has 0 aliphatic carbocycles. The first kappa shape index (κ1) is 10.9. The molecule has 0 heterocycles. The molecule has 0 bridgehead atoms. The maximum atomic E-state index is 3.55. The first-order chi connectivity index (χ1) is 4.66. The molecular weight excluding hydrogens is 258 g/mol. The number of alkyl halides is 2. The summed E-state index contributed by atoms with van der Waals surface area (Å²) in [4.78, 5) is 0.617. The van der Waals surface area contributed by atoms with E-state index < -0.39 is 0 Å². The van der Waals surface area contributed by atoms with Crippen molar-refractivity contribution in [2.24, 2.45) is 5.92 Å². The molecule has 0 aromatic carbocycles. The summed E-state index contributed by atoms with van der Waals surface area (Å²) in [5.74, 6) is 0.801. The minimum atomic E-state index is 0.617. The highest BCUT2D eigenvalue weighted by atomic mass is 79.9. The Kier molecular flexibility index (Phi) is 7.23. The lowest BCUT2D eigenvalue weighted by Gasteiger charge is -2.06. The van der Waals surface area contributed by atoms with Crippen molar-refractivity contribution >= 4 is 31.9 Å². The fraction of sp³-hybridized carbons (Fsp3) is 1.00. The normalized spacial score (nSPS) is 14.1. The molecular formula is C7H16Br2N+. The molecule has 0 unspecified atom stereocenters. The van der Waals surface area contributed by atoms with Crippen molar-refractivity contribution in [3.8, 4) is 0 Å². The lowest BCUT2D eigenvalue weighted by molar-refractivity contribution is -0.658. The molecule has 0 spiro atoms. The van der Waals surface area contributed by atoms with Gasteiger partial charge in [-0.2, -0.15) is 0 Å². The minimum Gasteiger partial charge on any atom is -0.345 e. The van der Waals surface area contributed by atoms with Gasteiger partial charge in [0.15, 0.2) is 0 Å². The van der Waals surface area contributed by atoms with E-state index in [0.29, 0.717) is 4.83 Å². The fourth-order valence-electron chi connectivity index (χ4n) is 0.673. The van der Waals surface area contributed by atoms with E-state index in [0.717, 1.165) is 11.2 Å². The van der Waals surface area contributed by atoms with E-state index in [9.17, 15) is 0 Å². The third-order valence-electron chi connectivity index (χ3n) is 1.23. The molecule has 0 aromatic rings. The summed E-state index contributed by atoms with van der Waals surface area (Å²) >= 11 is 6.96. The van der Waals surface area contributed by atoms with Crippen molar-refractivity contribution in [1.29, 1.82) is 0 Å². The highest BCUT2D eigenvalue weighted by Crippen LogP contribution is 1.99. The van der Waals surface area contributed by atoms with Gasteiger partial charge in [-0.3, -0.25) is 0 Å². The van der Waals surface area contributed by atoms with Crippen LogP contribution in [0.1, 0.15) is 13.8 Å². The van der Waals surface area contributed by atoms with Crippen LogP contribution in [0.5, 0.6) is 0 Å². The Morgan fingerprint density at radius 3 is 2.30 bits per heavy atom. The van der Waals surface area contributed by atoms with Crippen LogP contribution in [-0.2, 0) is 0 Å². The maximum absolute atomic E-state index is 3.55. The third kappa shape index (κ3) is 7.03. The quantitative estimate of drug-likeness (QED) is 0.729. The molecule has 3 heteroatoms. The highest BCUT2D eigenvalue weighted by Gasteiger charge is 2.03. The molecule has 0 aromatic heterocycles. The van der Waals surface area contributed by atoms with Gasteiger partial charge in [0, 0.05) is 11.2 Å².